The van der Waals surface area contributed by atoms with E-state index in [0.29, 0.717) is 26.8 Å². The molecule has 3 aromatic heterocycles. The third kappa shape index (κ3) is 5.64. The van der Waals surface area contributed by atoms with Gasteiger partial charge in [-0.15, -0.1) is 11.3 Å². The number of piperidine rings is 1. The van der Waals surface area contributed by atoms with Gasteiger partial charge in [-0.3, -0.25) is 4.79 Å². The summed E-state index contributed by atoms with van der Waals surface area (Å²) in [5.41, 5.74) is 1.63. The molecule has 37 heavy (non-hydrogen) atoms. The first-order valence-electron chi connectivity index (χ1n) is 11.9. The maximum atomic E-state index is 13.4. The molecule has 0 radical (unpaired) electrons. The quantitative estimate of drug-likeness (QED) is 0.328. The molecule has 1 aromatic carbocycles. The Hall–Kier alpha value is -2.21. The molecule has 0 unspecified atom stereocenters. The van der Waals surface area contributed by atoms with Crippen LogP contribution in [0.3, 0.4) is 0 Å². The number of nitrogens with zero attached hydrogens (tertiary/aromatic N) is 4. The Balaban J connectivity index is 0.00000280. The number of hydrogen-bond donors (Lipinski definition) is 1. The molecular formula is C25H23ClN5NaO4S. The molecule has 1 saturated carbocycles. The zero-order valence-electron chi connectivity index (χ0n) is 20.3. The number of imidazole rings is 1. The Labute approximate surface area is 244 Å². The molecule has 6 rings (SSSR count). The standard InChI is InChI=1S/C25H24ClN5O4S.Na/c26-22-6-5-21(36-22)20-12-16(29-35-20)13-31-19-4-1-14(25(33)34)11-18(19)28-23(31)24(32)27-15-7-9-30(10-8-15)17-2-3-17;/h1,4-6,11-12,15,17H,2-3,7-10,13H2,(H,27,32)(H,33,34);/q;+1/p-1. The molecule has 1 amide bonds. The van der Waals surface area contributed by atoms with E-state index in [2.05, 4.69) is 20.4 Å². The Morgan fingerprint density at radius 3 is 2.59 bits per heavy atom. The number of aromatic nitrogens is 3. The zero-order chi connectivity index (χ0) is 24.8. The number of fused-ring (bicyclic) bond motifs is 1. The van der Waals surface area contributed by atoms with Crippen molar-refractivity contribution >= 4 is 45.8 Å². The largest absolute Gasteiger partial charge is 1.00 e. The van der Waals surface area contributed by atoms with E-state index in [9.17, 15) is 14.7 Å². The van der Waals surface area contributed by atoms with Gasteiger partial charge in [0.15, 0.2) is 11.6 Å². The number of halogens is 1. The van der Waals surface area contributed by atoms with Crippen LogP contribution in [0, 0.1) is 0 Å². The van der Waals surface area contributed by atoms with E-state index in [1.807, 2.05) is 6.07 Å². The van der Waals surface area contributed by atoms with Crippen LogP contribution in [-0.4, -0.2) is 56.7 Å². The summed E-state index contributed by atoms with van der Waals surface area (Å²) >= 11 is 7.43. The number of aromatic carboxylic acids is 1. The second kappa shape index (κ2) is 10.9. The fourth-order valence-corrected chi connectivity index (χ4v) is 5.79. The number of hydrogen-bond acceptors (Lipinski definition) is 8. The predicted octanol–water partition coefficient (Wildman–Crippen LogP) is 0.179. The average molecular weight is 548 g/mol. The van der Waals surface area contributed by atoms with Crippen LogP contribution in [0.2, 0.25) is 4.34 Å². The van der Waals surface area contributed by atoms with Gasteiger partial charge in [0.2, 0.25) is 0 Å². The van der Waals surface area contributed by atoms with Gasteiger partial charge in [-0.25, -0.2) is 4.98 Å². The molecular weight excluding hydrogens is 525 g/mol. The molecule has 0 atom stereocenters. The van der Waals surface area contributed by atoms with Crippen LogP contribution >= 0.6 is 22.9 Å². The molecule has 9 nitrogen and oxygen atoms in total. The number of carboxylic acids is 1. The van der Waals surface area contributed by atoms with Gasteiger partial charge < -0.3 is 29.2 Å². The van der Waals surface area contributed by atoms with Crippen molar-refractivity contribution in [3.8, 4) is 10.6 Å². The van der Waals surface area contributed by atoms with Crippen molar-refractivity contribution in [3.63, 3.8) is 0 Å². The number of benzene rings is 1. The molecule has 1 aliphatic carbocycles. The first-order chi connectivity index (χ1) is 17.4. The van der Waals surface area contributed by atoms with Crippen LogP contribution in [0.4, 0.5) is 0 Å². The summed E-state index contributed by atoms with van der Waals surface area (Å²) in [7, 11) is 0. The van der Waals surface area contributed by atoms with Crippen LogP contribution in [0.5, 0.6) is 0 Å². The van der Waals surface area contributed by atoms with Crippen molar-refractivity contribution in [3.05, 3.63) is 57.8 Å². The van der Waals surface area contributed by atoms with Gasteiger partial charge in [0.05, 0.1) is 32.8 Å². The Bertz CT molecular complexity index is 1450. The fraction of sp³-hybridized carbons (Fsp3) is 0.360. The van der Waals surface area contributed by atoms with E-state index in [0.717, 1.165) is 36.9 Å². The smallest absolute Gasteiger partial charge is 0.545 e. The molecule has 4 heterocycles. The number of carboxylic acid groups (broad SMARTS) is 1. The molecule has 2 fully saturated rings. The maximum absolute atomic E-state index is 13.4. The van der Waals surface area contributed by atoms with E-state index < -0.39 is 5.97 Å². The van der Waals surface area contributed by atoms with Crippen molar-refractivity contribution in [2.24, 2.45) is 0 Å². The minimum Gasteiger partial charge on any atom is -0.545 e. The first-order valence-corrected chi connectivity index (χ1v) is 13.1. The van der Waals surface area contributed by atoms with Crippen LogP contribution in [-0.2, 0) is 6.54 Å². The van der Waals surface area contributed by atoms with Crippen molar-refractivity contribution < 1.29 is 48.8 Å². The summed E-state index contributed by atoms with van der Waals surface area (Å²) in [6.07, 6.45) is 4.34. The van der Waals surface area contributed by atoms with E-state index in [1.54, 1.807) is 22.8 Å². The van der Waals surface area contributed by atoms with Crippen molar-refractivity contribution in [1.29, 1.82) is 0 Å². The summed E-state index contributed by atoms with van der Waals surface area (Å²) in [5, 5.41) is 18.7. The number of nitrogens with one attached hydrogen (secondary N) is 1. The van der Waals surface area contributed by atoms with Crippen LogP contribution in [0.1, 0.15) is 52.4 Å². The number of thiophene rings is 1. The summed E-state index contributed by atoms with van der Waals surface area (Å²) in [5.74, 6) is -0.803. The maximum Gasteiger partial charge on any atom is 1.00 e. The van der Waals surface area contributed by atoms with Crippen LogP contribution < -0.4 is 40.0 Å². The summed E-state index contributed by atoms with van der Waals surface area (Å²) in [6.45, 7) is 2.19. The summed E-state index contributed by atoms with van der Waals surface area (Å²) in [6, 6.07) is 10.8. The van der Waals surface area contributed by atoms with Gasteiger partial charge in [0.25, 0.3) is 5.91 Å². The number of rotatable bonds is 7. The molecule has 1 aliphatic heterocycles. The minimum atomic E-state index is -1.30. The van der Waals surface area contributed by atoms with Gasteiger partial charge >= 0.3 is 29.6 Å². The van der Waals surface area contributed by atoms with E-state index in [-0.39, 0.29) is 59.4 Å². The fourth-order valence-electron chi connectivity index (χ4n) is 4.80. The summed E-state index contributed by atoms with van der Waals surface area (Å²) in [4.78, 5) is 32.6. The topological polar surface area (TPSA) is 116 Å². The monoisotopic (exact) mass is 547 g/mol. The van der Waals surface area contributed by atoms with E-state index in [4.69, 9.17) is 16.1 Å². The Kier molecular flexibility index (Phi) is 7.76. The minimum absolute atomic E-state index is 0. The van der Waals surface area contributed by atoms with Crippen molar-refractivity contribution in [2.45, 2.75) is 44.3 Å². The molecule has 0 bridgehead atoms. The third-order valence-electron chi connectivity index (χ3n) is 6.81. The van der Waals surface area contributed by atoms with Crippen LogP contribution in [0.15, 0.2) is 40.9 Å². The van der Waals surface area contributed by atoms with Gasteiger partial charge in [0.1, 0.15) is 5.69 Å². The second-order valence-corrected chi connectivity index (χ2v) is 11.0. The van der Waals surface area contributed by atoms with Gasteiger partial charge in [0, 0.05) is 31.2 Å². The molecule has 1 N–H and O–H groups in total. The number of carbonyl (C=O) groups is 2. The van der Waals surface area contributed by atoms with Crippen LogP contribution in [0.25, 0.3) is 21.7 Å². The summed E-state index contributed by atoms with van der Waals surface area (Å²) < 4.78 is 7.90. The Morgan fingerprint density at radius 1 is 1.14 bits per heavy atom. The molecule has 186 valence electrons. The number of likely N-dealkylation sites (tertiary alicyclic amines) is 1. The molecule has 1 saturated heterocycles. The molecule has 12 heteroatoms. The van der Waals surface area contributed by atoms with E-state index in [1.165, 1.54) is 36.3 Å². The van der Waals surface area contributed by atoms with Gasteiger partial charge in [-0.2, -0.15) is 0 Å². The second-order valence-electron chi connectivity index (χ2n) is 9.31. The van der Waals surface area contributed by atoms with Gasteiger partial charge in [-0.1, -0.05) is 22.8 Å². The Morgan fingerprint density at radius 2 is 1.92 bits per heavy atom. The normalized spacial score (nSPS) is 16.6. The zero-order valence-corrected chi connectivity index (χ0v) is 23.8. The third-order valence-corrected chi connectivity index (χ3v) is 8.06. The predicted molar refractivity (Wildman–Crippen MR) is 133 cm³/mol. The number of amides is 1. The molecule has 4 aromatic rings. The van der Waals surface area contributed by atoms with Gasteiger partial charge in [-0.05, 0) is 55.5 Å². The molecule has 2 aliphatic rings. The van der Waals surface area contributed by atoms with E-state index >= 15 is 0 Å². The van der Waals surface area contributed by atoms with Crippen molar-refractivity contribution in [1.82, 2.24) is 24.9 Å². The molecule has 0 spiro atoms. The average Bonchev–Trinajstić information content (AvgIpc) is 3.28. The van der Waals surface area contributed by atoms with Crippen molar-refractivity contribution in [2.75, 3.05) is 13.1 Å². The SMILES string of the molecule is O=C([O-])c1ccc2c(c1)nc(C(=O)NC1CCN(C3CC3)CC1)n2Cc1cc(-c2ccc(Cl)s2)on1.[Na+]. The first kappa shape index (κ1) is 26.4. The number of carbonyl (C=O) groups excluding carboxylic acids is 2.